The molecule has 0 saturated heterocycles. The van der Waals surface area contributed by atoms with E-state index in [2.05, 4.69) is 0 Å². The lowest BCUT2D eigenvalue weighted by atomic mass is 10.2. The second-order valence-electron chi connectivity index (χ2n) is 1.12. The summed E-state index contributed by atoms with van der Waals surface area (Å²) in [5, 5.41) is 0. The van der Waals surface area contributed by atoms with E-state index in [4.69, 9.17) is 0 Å². The van der Waals surface area contributed by atoms with E-state index in [9.17, 15) is 9.59 Å². The van der Waals surface area contributed by atoms with Crippen molar-refractivity contribution in [1.82, 2.24) is 0 Å². The van der Waals surface area contributed by atoms with Crippen molar-refractivity contribution in [2.45, 2.75) is 6.92 Å². The molecule has 0 fully saturated rings. The molecule has 0 heterocycles. The van der Waals surface area contributed by atoms with Gasteiger partial charge in [-0.25, -0.2) is 4.79 Å². The van der Waals surface area contributed by atoms with Gasteiger partial charge in [0.25, 0.3) is 0 Å². The third-order valence-electron chi connectivity index (χ3n) is 0.472. The molecule has 0 aromatic heterocycles. The van der Waals surface area contributed by atoms with Gasteiger partial charge in [0, 0.05) is 6.08 Å². The fourth-order valence-electron chi connectivity index (χ4n) is 0.127. The smallest absolute Gasteiger partial charge is 0.131 e. The van der Waals surface area contributed by atoms with E-state index in [0.29, 0.717) is 12.2 Å². The summed E-state index contributed by atoms with van der Waals surface area (Å²) in [7, 11) is 0. The van der Waals surface area contributed by atoms with E-state index in [1.165, 1.54) is 12.9 Å². The Morgan fingerprint density at radius 3 is 2.43 bits per heavy atom. The number of rotatable bonds is 2. The van der Waals surface area contributed by atoms with Crippen LogP contribution in [-0.2, 0) is 9.59 Å². The van der Waals surface area contributed by atoms with Crippen molar-refractivity contribution < 1.29 is 9.59 Å². The van der Waals surface area contributed by atoms with E-state index in [1.54, 1.807) is 0 Å². The highest BCUT2D eigenvalue weighted by Crippen LogP contribution is 1.87. The summed E-state index contributed by atoms with van der Waals surface area (Å²) in [6.45, 7) is 1.54. The minimum atomic E-state index is 0.398. The average Bonchev–Trinajstić information content (AvgIpc) is 1.68. The van der Waals surface area contributed by atoms with Crippen molar-refractivity contribution in [3.8, 4) is 0 Å². The zero-order valence-corrected chi connectivity index (χ0v) is 3.97. The Hall–Kier alpha value is -0.880. The van der Waals surface area contributed by atoms with Crippen molar-refractivity contribution in [3.63, 3.8) is 0 Å². The molecule has 2 heteroatoms. The lowest BCUT2D eigenvalue weighted by Crippen LogP contribution is -1.84. The average molecular weight is 97.1 g/mol. The minimum absolute atomic E-state index is 0.398. The summed E-state index contributed by atoms with van der Waals surface area (Å²) >= 11 is 0. The summed E-state index contributed by atoms with van der Waals surface area (Å²) in [6, 6.07) is 0. The predicted molar refractivity (Wildman–Crippen MR) is 25.2 cm³/mol. The summed E-state index contributed by atoms with van der Waals surface area (Å²) < 4.78 is 0. The molecule has 0 saturated carbocycles. The van der Waals surface area contributed by atoms with E-state index in [1.807, 2.05) is 0 Å². The molecule has 7 heavy (non-hydrogen) atoms. The molecule has 0 aliphatic carbocycles. The molecule has 0 unspecified atom stereocenters. The quantitative estimate of drug-likeness (QED) is 0.363. The van der Waals surface area contributed by atoms with Crippen LogP contribution in [0.2, 0.25) is 0 Å². The van der Waals surface area contributed by atoms with Gasteiger partial charge in [-0.1, -0.05) is 0 Å². The van der Waals surface area contributed by atoms with Crippen LogP contribution in [0.4, 0.5) is 0 Å². The Bertz CT molecular complexity index is 101. The highest BCUT2D eigenvalue weighted by molar-refractivity contribution is 5.75. The predicted octanol–water partition coefficient (Wildman–Crippen LogP) is 0.167. The van der Waals surface area contributed by atoms with Crippen LogP contribution in [0, 0.1) is 5.92 Å². The minimum Gasteiger partial charge on any atom is -0.302 e. The van der Waals surface area contributed by atoms with E-state index in [0.717, 1.165) is 6.08 Å². The maximum Gasteiger partial charge on any atom is 0.131 e. The van der Waals surface area contributed by atoms with Gasteiger partial charge in [-0.3, -0.25) is 0 Å². The van der Waals surface area contributed by atoms with Crippen molar-refractivity contribution in [3.05, 3.63) is 12.0 Å². The molecule has 0 atom stereocenters. The van der Waals surface area contributed by atoms with Crippen LogP contribution in [-0.4, -0.2) is 12.2 Å². The van der Waals surface area contributed by atoms with Crippen LogP contribution in [0.3, 0.4) is 0 Å². The Morgan fingerprint density at radius 2 is 2.29 bits per heavy atom. The lowest BCUT2D eigenvalue weighted by molar-refractivity contribution is -0.105. The Morgan fingerprint density at radius 1 is 1.71 bits per heavy atom. The number of aldehydes is 1. The number of hydrogen-bond donors (Lipinski definition) is 0. The zero-order valence-electron chi connectivity index (χ0n) is 3.97. The number of hydrogen-bond acceptors (Lipinski definition) is 2. The van der Waals surface area contributed by atoms with Crippen molar-refractivity contribution in [2.75, 3.05) is 0 Å². The Balaban J connectivity index is 3.56. The molecule has 0 bridgehead atoms. The maximum atomic E-state index is 9.65. The van der Waals surface area contributed by atoms with Gasteiger partial charge in [0.1, 0.15) is 12.2 Å². The largest absolute Gasteiger partial charge is 0.302 e. The number of carbonyl (C=O) groups excluding carboxylic acids is 2. The zero-order chi connectivity index (χ0) is 5.70. The fourth-order valence-corrected chi connectivity index (χ4v) is 0.127. The fraction of sp³-hybridized carbons (Fsp3) is 0.200. The standard InChI is InChI=1S/C5H5O2/c1-5(4-7)2-3-6/h2,4H,1H3. The summed E-state index contributed by atoms with van der Waals surface area (Å²) in [5.41, 5.74) is 0. The highest BCUT2D eigenvalue weighted by atomic mass is 16.1. The van der Waals surface area contributed by atoms with E-state index in [-0.39, 0.29) is 0 Å². The van der Waals surface area contributed by atoms with Crippen molar-refractivity contribution in [2.24, 2.45) is 0 Å². The van der Waals surface area contributed by atoms with E-state index < -0.39 is 0 Å². The molecule has 0 aliphatic heterocycles. The normalized spacial score (nSPS) is 7.71. The Kier molecular flexibility index (Phi) is 2.90. The van der Waals surface area contributed by atoms with Gasteiger partial charge in [0.15, 0.2) is 0 Å². The monoisotopic (exact) mass is 97.0 g/mol. The second kappa shape index (κ2) is 3.32. The first-order valence-electron chi connectivity index (χ1n) is 1.81. The van der Waals surface area contributed by atoms with Crippen LogP contribution >= 0.6 is 0 Å². The molecular weight excluding hydrogens is 92.1 g/mol. The summed E-state index contributed by atoms with van der Waals surface area (Å²) in [5.74, 6) is 1.87. The van der Waals surface area contributed by atoms with E-state index >= 15 is 0 Å². The topological polar surface area (TPSA) is 34.1 Å². The van der Waals surface area contributed by atoms with Gasteiger partial charge in [-0.2, -0.15) is 0 Å². The molecule has 0 aromatic carbocycles. The maximum absolute atomic E-state index is 9.65. The van der Waals surface area contributed by atoms with Gasteiger partial charge < -0.3 is 4.79 Å². The molecule has 0 rings (SSSR count). The highest BCUT2D eigenvalue weighted by Gasteiger charge is 1.89. The van der Waals surface area contributed by atoms with Crippen LogP contribution in [0.25, 0.3) is 0 Å². The molecule has 0 aromatic rings. The Labute approximate surface area is 41.8 Å². The van der Waals surface area contributed by atoms with Crippen LogP contribution < -0.4 is 0 Å². The van der Waals surface area contributed by atoms with Crippen molar-refractivity contribution in [1.29, 1.82) is 0 Å². The second-order valence-corrected chi connectivity index (χ2v) is 1.12. The van der Waals surface area contributed by atoms with Gasteiger partial charge >= 0.3 is 0 Å². The third-order valence-corrected chi connectivity index (χ3v) is 0.472. The SMILES string of the molecule is C[C](C=O)C=C=O. The molecule has 0 amide bonds. The third kappa shape index (κ3) is 2.94. The van der Waals surface area contributed by atoms with Gasteiger partial charge in [-0.05, 0) is 6.92 Å². The molecule has 37 valence electrons. The first-order chi connectivity index (χ1) is 3.31. The number of carbonyl (C=O) groups is 1. The van der Waals surface area contributed by atoms with Crippen LogP contribution in [0.15, 0.2) is 6.08 Å². The number of allylic oxidation sites excluding steroid dienone is 1. The summed E-state index contributed by atoms with van der Waals surface area (Å²) in [6.07, 6.45) is 1.69. The molecular formula is C5H5O2. The van der Waals surface area contributed by atoms with Gasteiger partial charge in [0.05, 0.1) is 5.92 Å². The van der Waals surface area contributed by atoms with Crippen LogP contribution in [0.1, 0.15) is 6.92 Å². The molecule has 0 N–H and O–H groups in total. The van der Waals surface area contributed by atoms with Gasteiger partial charge in [0.2, 0.25) is 0 Å². The van der Waals surface area contributed by atoms with Gasteiger partial charge in [-0.15, -0.1) is 0 Å². The lowest BCUT2D eigenvalue weighted by Gasteiger charge is -1.80. The molecule has 0 aliphatic rings. The molecule has 2 nitrogen and oxygen atoms in total. The first kappa shape index (κ1) is 6.12. The molecule has 1 radical (unpaired) electrons. The first-order valence-corrected chi connectivity index (χ1v) is 1.81. The summed E-state index contributed by atoms with van der Waals surface area (Å²) in [4.78, 5) is 19.1. The molecule has 0 spiro atoms. The van der Waals surface area contributed by atoms with Crippen LogP contribution in [0.5, 0.6) is 0 Å². The van der Waals surface area contributed by atoms with Crippen molar-refractivity contribution >= 4 is 12.2 Å².